The summed E-state index contributed by atoms with van der Waals surface area (Å²) in [4.78, 5) is 22.9. The molecule has 0 spiro atoms. The number of hydrogen-bond acceptors (Lipinski definition) is 4. The molecule has 0 aromatic heterocycles. The molecule has 0 heterocycles. The molecule has 1 saturated carbocycles. The topological polar surface area (TPSA) is 64.6 Å². The zero-order valence-corrected chi connectivity index (χ0v) is 12.5. The van der Waals surface area contributed by atoms with Crippen LogP contribution in [0.3, 0.4) is 0 Å². The Balaban J connectivity index is 2.28. The highest BCUT2D eigenvalue weighted by atomic mass is 35.5. The summed E-state index contributed by atoms with van der Waals surface area (Å²) in [6.45, 7) is 5.48. The maximum atomic E-state index is 11.6. The molecule has 5 nitrogen and oxygen atoms in total. The fourth-order valence-electron chi connectivity index (χ4n) is 2.22. The molecule has 0 saturated heterocycles. The smallest absolute Gasteiger partial charge is 0.407 e. The fraction of sp³-hybridized carbons (Fsp3) is 0.846. The van der Waals surface area contributed by atoms with Crippen molar-refractivity contribution in [3.8, 4) is 0 Å². The van der Waals surface area contributed by atoms with Gasteiger partial charge in [0.2, 0.25) is 0 Å². The molecule has 6 heteroatoms. The van der Waals surface area contributed by atoms with Gasteiger partial charge in [0.05, 0.1) is 0 Å². The summed E-state index contributed by atoms with van der Waals surface area (Å²) in [6.07, 6.45) is 2.49. The molecule has 1 aliphatic carbocycles. The lowest BCUT2D eigenvalue weighted by atomic mass is 10.0. The highest BCUT2D eigenvalue weighted by Crippen LogP contribution is 2.28. The molecule has 0 aromatic carbocycles. The van der Waals surface area contributed by atoms with Gasteiger partial charge >= 0.3 is 12.1 Å². The molecule has 110 valence electrons. The van der Waals surface area contributed by atoms with Crippen LogP contribution in [0.2, 0.25) is 0 Å². The predicted molar refractivity (Wildman–Crippen MR) is 71.9 cm³/mol. The van der Waals surface area contributed by atoms with Crippen LogP contribution in [0.4, 0.5) is 4.79 Å². The van der Waals surface area contributed by atoms with Crippen molar-refractivity contribution in [3.63, 3.8) is 0 Å². The Morgan fingerprint density at radius 1 is 1.32 bits per heavy atom. The molecule has 1 aliphatic rings. The van der Waals surface area contributed by atoms with Gasteiger partial charge in [-0.05, 0) is 46.0 Å². The van der Waals surface area contributed by atoms with Crippen molar-refractivity contribution < 1.29 is 19.1 Å². The molecule has 0 bridgehead atoms. The van der Waals surface area contributed by atoms with Crippen LogP contribution in [0.25, 0.3) is 0 Å². The van der Waals surface area contributed by atoms with Gasteiger partial charge in [0, 0.05) is 12.5 Å². The predicted octanol–water partition coefficient (Wildman–Crippen LogP) is 2.81. The molecule has 1 amide bonds. The van der Waals surface area contributed by atoms with E-state index in [0.717, 1.165) is 19.3 Å². The van der Waals surface area contributed by atoms with E-state index in [0.29, 0.717) is 6.42 Å². The Bertz CT molecular complexity index is 327. The van der Waals surface area contributed by atoms with E-state index >= 15 is 0 Å². The second-order valence-electron chi connectivity index (χ2n) is 5.85. The van der Waals surface area contributed by atoms with Crippen LogP contribution >= 0.6 is 11.6 Å². The van der Waals surface area contributed by atoms with Gasteiger partial charge in [-0.25, -0.2) is 4.79 Å². The highest BCUT2D eigenvalue weighted by molar-refractivity contribution is 6.17. The maximum absolute atomic E-state index is 11.6. The number of carbonyl (C=O) groups excluding carboxylic acids is 2. The van der Waals surface area contributed by atoms with Crippen molar-refractivity contribution in [1.29, 1.82) is 0 Å². The normalized spacial score (nSPS) is 22.9. The molecule has 19 heavy (non-hydrogen) atoms. The third kappa shape index (κ3) is 6.66. The van der Waals surface area contributed by atoms with E-state index in [1.807, 2.05) is 20.8 Å². The third-order valence-corrected chi connectivity index (χ3v) is 3.04. The molecule has 0 aliphatic heterocycles. The molecule has 0 radical (unpaired) electrons. The number of alkyl halides is 1. The molecule has 0 unspecified atom stereocenters. The van der Waals surface area contributed by atoms with Crippen molar-refractivity contribution in [1.82, 2.24) is 5.32 Å². The first-order valence-electron chi connectivity index (χ1n) is 6.51. The lowest BCUT2D eigenvalue weighted by molar-refractivity contribution is -0.142. The van der Waals surface area contributed by atoms with Crippen LogP contribution in [0, 0.1) is 5.92 Å². The molecular formula is C13H22ClNO4. The van der Waals surface area contributed by atoms with Gasteiger partial charge in [0.15, 0.2) is 6.07 Å². The third-order valence-electron chi connectivity index (χ3n) is 2.93. The van der Waals surface area contributed by atoms with E-state index in [4.69, 9.17) is 21.1 Å². The average Bonchev–Trinajstić information content (AvgIpc) is 2.62. The second-order valence-corrected chi connectivity index (χ2v) is 6.07. The average molecular weight is 292 g/mol. The second kappa shape index (κ2) is 6.98. The number of amides is 1. The number of nitrogens with one attached hydrogen (secondary N) is 1. The molecule has 2 atom stereocenters. The summed E-state index contributed by atoms with van der Waals surface area (Å²) in [5.41, 5.74) is -0.494. The fourth-order valence-corrected chi connectivity index (χ4v) is 2.34. The van der Waals surface area contributed by atoms with Gasteiger partial charge in [-0.1, -0.05) is 11.6 Å². The van der Waals surface area contributed by atoms with Crippen molar-refractivity contribution in [2.75, 3.05) is 6.07 Å². The van der Waals surface area contributed by atoms with Crippen LogP contribution < -0.4 is 5.32 Å². The summed E-state index contributed by atoms with van der Waals surface area (Å²) in [5.74, 6) is -0.0337. The number of ether oxygens (including phenoxy) is 2. The Morgan fingerprint density at radius 2 is 2.00 bits per heavy atom. The number of carbonyl (C=O) groups is 2. The largest absolute Gasteiger partial charge is 0.449 e. The maximum Gasteiger partial charge on any atom is 0.407 e. The van der Waals surface area contributed by atoms with Gasteiger partial charge in [-0.2, -0.15) is 0 Å². The lowest BCUT2D eigenvalue weighted by Crippen LogP contribution is -2.38. The van der Waals surface area contributed by atoms with Gasteiger partial charge in [0.25, 0.3) is 0 Å². The molecule has 1 N–H and O–H groups in total. The quantitative estimate of drug-likeness (QED) is 0.639. The van der Waals surface area contributed by atoms with Gasteiger partial charge in [-0.15, -0.1) is 0 Å². The zero-order chi connectivity index (χ0) is 14.5. The summed E-state index contributed by atoms with van der Waals surface area (Å²) < 4.78 is 9.90. The van der Waals surface area contributed by atoms with Crippen molar-refractivity contribution in [3.05, 3.63) is 0 Å². The Labute approximate surface area is 119 Å². The Morgan fingerprint density at radius 3 is 2.58 bits per heavy atom. The van der Waals surface area contributed by atoms with Crippen LogP contribution in [-0.2, 0) is 14.3 Å². The first-order chi connectivity index (χ1) is 8.80. The standard InChI is InChI=1S/C13H22ClNO4/c1-13(2,3)19-12(17)15-10-5-4-9(6-10)7-11(16)18-8-14/h9-10H,4-8H2,1-3H3,(H,15,17)/t9-,10+/m1/s1. The van der Waals surface area contributed by atoms with Crippen molar-refractivity contribution in [2.24, 2.45) is 5.92 Å². The molecule has 1 fully saturated rings. The lowest BCUT2D eigenvalue weighted by Gasteiger charge is -2.21. The SMILES string of the molecule is CC(C)(C)OC(=O)N[C@H]1CC[C@@H](CC(=O)OCCl)C1. The van der Waals surface area contributed by atoms with Gasteiger partial charge in [0.1, 0.15) is 5.60 Å². The zero-order valence-electron chi connectivity index (χ0n) is 11.7. The summed E-state index contributed by atoms with van der Waals surface area (Å²) in [7, 11) is 0. The minimum absolute atomic E-state index is 0.0728. The number of rotatable bonds is 4. The molecular weight excluding hydrogens is 270 g/mol. The van der Waals surface area contributed by atoms with Crippen LogP contribution in [-0.4, -0.2) is 29.8 Å². The minimum Gasteiger partial charge on any atom is -0.449 e. The van der Waals surface area contributed by atoms with E-state index in [2.05, 4.69) is 5.32 Å². The molecule has 1 rings (SSSR count). The first-order valence-corrected chi connectivity index (χ1v) is 7.04. The summed E-state index contributed by atoms with van der Waals surface area (Å²) in [6, 6.07) is -0.0332. The highest BCUT2D eigenvalue weighted by Gasteiger charge is 2.29. The monoisotopic (exact) mass is 291 g/mol. The number of alkyl carbamates (subject to hydrolysis) is 1. The van der Waals surface area contributed by atoms with Crippen molar-refractivity contribution >= 4 is 23.7 Å². The van der Waals surface area contributed by atoms with E-state index in [9.17, 15) is 9.59 Å². The Kier molecular flexibility index (Phi) is 5.91. The summed E-state index contributed by atoms with van der Waals surface area (Å²) >= 11 is 5.32. The van der Waals surface area contributed by atoms with E-state index in [1.54, 1.807) is 0 Å². The van der Waals surface area contributed by atoms with Gasteiger partial charge in [-0.3, -0.25) is 4.79 Å². The van der Waals surface area contributed by atoms with E-state index in [-0.39, 0.29) is 24.0 Å². The first kappa shape index (κ1) is 16.1. The minimum atomic E-state index is -0.494. The van der Waals surface area contributed by atoms with E-state index < -0.39 is 11.7 Å². The number of hydrogen-bond donors (Lipinski definition) is 1. The van der Waals surface area contributed by atoms with Crippen LogP contribution in [0.5, 0.6) is 0 Å². The summed E-state index contributed by atoms with van der Waals surface area (Å²) in [5, 5.41) is 2.83. The van der Waals surface area contributed by atoms with E-state index in [1.165, 1.54) is 0 Å². The molecule has 0 aromatic rings. The van der Waals surface area contributed by atoms with Crippen LogP contribution in [0.15, 0.2) is 0 Å². The van der Waals surface area contributed by atoms with Crippen molar-refractivity contribution in [2.45, 2.75) is 58.1 Å². The van der Waals surface area contributed by atoms with Gasteiger partial charge < -0.3 is 14.8 Å². The number of halogens is 1. The van der Waals surface area contributed by atoms with Crippen LogP contribution in [0.1, 0.15) is 46.5 Å². The Hall–Kier alpha value is -0.970. The number of esters is 1.